The van der Waals surface area contributed by atoms with Gasteiger partial charge in [0.2, 0.25) is 11.9 Å². The highest BCUT2D eigenvalue weighted by Gasteiger charge is 2.24. The van der Waals surface area contributed by atoms with Crippen molar-refractivity contribution in [3.05, 3.63) is 89.5 Å². The number of halogens is 1. The molecule has 1 aromatic heterocycles. The molecule has 0 radical (unpaired) electrons. The minimum Gasteiger partial charge on any atom is -0.489 e. The SMILES string of the molecule is Cc1cc(CCCC(=O)N2CCN(c3ccc(OCc4ccccc4)cc3)C2)cnc1F. The minimum absolute atomic E-state index is 0.155. The second kappa shape index (κ2) is 10.3. The van der Waals surface area contributed by atoms with Crippen LogP contribution < -0.4 is 9.64 Å². The third-order valence-electron chi connectivity index (χ3n) is 5.71. The molecule has 0 bridgehead atoms. The van der Waals surface area contributed by atoms with Crippen molar-refractivity contribution in [1.29, 1.82) is 0 Å². The molecular formula is C26H28FN3O2. The Hall–Kier alpha value is -3.41. The Kier molecular flexibility index (Phi) is 7.00. The molecule has 3 aromatic rings. The Balaban J connectivity index is 1.22. The highest BCUT2D eigenvalue weighted by molar-refractivity contribution is 5.77. The van der Waals surface area contributed by atoms with Crippen LogP contribution in [0.4, 0.5) is 10.1 Å². The van der Waals surface area contributed by atoms with Gasteiger partial charge in [-0.15, -0.1) is 0 Å². The molecule has 32 heavy (non-hydrogen) atoms. The lowest BCUT2D eigenvalue weighted by Crippen LogP contribution is -2.31. The average Bonchev–Trinajstić information content (AvgIpc) is 3.31. The molecule has 0 N–H and O–H groups in total. The summed E-state index contributed by atoms with van der Waals surface area (Å²) in [6.45, 7) is 4.39. The molecule has 0 atom stereocenters. The van der Waals surface area contributed by atoms with Crippen molar-refractivity contribution in [2.45, 2.75) is 32.8 Å². The normalized spacial score (nSPS) is 13.4. The van der Waals surface area contributed by atoms with Crippen LogP contribution in [0.1, 0.15) is 29.5 Å². The summed E-state index contributed by atoms with van der Waals surface area (Å²) in [5.74, 6) is 0.551. The summed E-state index contributed by atoms with van der Waals surface area (Å²) in [6, 6.07) is 19.9. The fourth-order valence-electron chi connectivity index (χ4n) is 3.85. The minimum atomic E-state index is -0.433. The number of amides is 1. The number of pyridine rings is 1. The number of carbonyl (C=O) groups is 1. The summed E-state index contributed by atoms with van der Waals surface area (Å²) < 4.78 is 19.1. The van der Waals surface area contributed by atoms with Crippen molar-refractivity contribution in [3.63, 3.8) is 0 Å². The van der Waals surface area contributed by atoms with Crippen LogP contribution in [0, 0.1) is 12.9 Å². The molecule has 0 aliphatic carbocycles. The molecule has 6 heteroatoms. The zero-order chi connectivity index (χ0) is 22.3. The first-order valence-electron chi connectivity index (χ1n) is 11.0. The number of benzene rings is 2. The van der Waals surface area contributed by atoms with Crippen molar-refractivity contribution >= 4 is 11.6 Å². The smallest absolute Gasteiger partial charge is 0.224 e. The van der Waals surface area contributed by atoms with Gasteiger partial charge >= 0.3 is 0 Å². The highest BCUT2D eigenvalue weighted by Crippen LogP contribution is 2.23. The molecule has 166 valence electrons. The number of hydrogen-bond donors (Lipinski definition) is 0. The van der Waals surface area contributed by atoms with E-state index >= 15 is 0 Å². The van der Waals surface area contributed by atoms with Crippen LogP contribution in [0.5, 0.6) is 5.75 Å². The van der Waals surface area contributed by atoms with E-state index in [0.29, 0.717) is 25.3 Å². The van der Waals surface area contributed by atoms with Crippen LogP contribution >= 0.6 is 0 Å². The summed E-state index contributed by atoms with van der Waals surface area (Å²) in [7, 11) is 0. The van der Waals surface area contributed by atoms with Gasteiger partial charge < -0.3 is 14.5 Å². The first kappa shape index (κ1) is 21.8. The molecule has 4 rings (SSSR count). The van der Waals surface area contributed by atoms with Gasteiger partial charge in [0, 0.05) is 37.0 Å². The van der Waals surface area contributed by atoms with Gasteiger partial charge in [-0.1, -0.05) is 36.4 Å². The fourth-order valence-corrected chi connectivity index (χ4v) is 3.85. The summed E-state index contributed by atoms with van der Waals surface area (Å²) >= 11 is 0. The average molecular weight is 434 g/mol. The number of ether oxygens (including phenoxy) is 1. The van der Waals surface area contributed by atoms with Gasteiger partial charge in [-0.05, 0) is 55.2 Å². The van der Waals surface area contributed by atoms with E-state index in [1.54, 1.807) is 19.2 Å². The zero-order valence-electron chi connectivity index (χ0n) is 18.3. The number of rotatable bonds is 8. The molecule has 5 nitrogen and oxygen atoms in total. The van der Waals surface area contributed by atoms with E-state index in [1.165, 1.54) is 0 Å². The van der Waals surface area contributed by atoms with E-state index in [-0.39, 0.29) is 5.91 Å². The molecule has 1 fully saturated rings. The van der Waals surface area contributed by atoms with Crippen LogP contribution in [-0.4, -0.2) is 35.5 Å². The first-order chi connectivity index (χ1) is 15.6. The van der Waals surface area contributed by atoms with E-state index in [9.17, 15) is 9.18 Å². The zero-order valence-corrected chi connectivity index (χ0v) is 18.3. The largest absolute Gasteiger partial charge is 0.489 e. The Bertz CT molecular complexity index is 1040. The lowest BCUT2D eigenvalue weighted by atomic mass is 10.1. The van der Waals surface area contributed by atoms with Crippen LogP contribution in [0.3, 0.4) is 0 Å². The van der Waals surface area contributed by atoms with Crippen molar-refractivity contribution in [3.8, 4) is 5.75 Å². The second-order valence-corrected chi connectivity index (χ2v) is 8.14. The lowest BCUT2D eigenvalue weighted by Gasteiger charge is -2.20. The fraction of sp³-hybridized carbons (Fsp3) is 0.308. The maximum atomic E-state index is 13.3. The third kappa shape index (κ3) is 5.63. The molecule has 1 amide bonds. The van der Waals surface area contributed by atoms with Gasteiger partial charge in [0.25, 0.3) is 0 Å². The summed E-state index contributed by atoms with van der Waals surface area (Å²) in [4.78, 5) is 20.5. The maximum Gasteiger partial charge on any atom is 0.224 e. The molecular weight excluding hydrogens is 405 g/mol. The standard InChI is InChI=1S/C26H28FN3O2/c1-20-16-22(17-28-26(20)27)8-5-9-25(31)30-15-14-29(19-30)23-10-12-24(13-11-23)32-18-21-6-3-2-4-7-21/h2-4,6-7,10-13,16-17H,5,8-9,14-15,18-19H2,1H3. The number of anilines is 1. The van der Waals surface area contributed by atoms with E-state index in [4.69, 9.17) is 4.74 Å². The molecule has 2 aromatic carbocycles. The Labute approximate surface area is 188 Å². The van der Waals surface area contributed by atoms with Crippen LogP contribution in [0.2, 0.25) is 0 Å². The molecule has 1 aliphatic rings. The van der Waals surface area contributed by atoms with E-state index in [0.717, 1.165) is 48.5 Å². The first-order valence-corrected chi connectivity index (χ1v) is 11.0. The monoisotopic (exact) mass is 433 g/mol. The molecule has 1 saturated heterocycles. The Morgan fingerprint density at radius 1 is 1.06 bits per heavy atom. The second-order valence-electron chi connectivity index (χ2n) is 8.14. The van der Waals surface area contributed by atoms with Crippen molar-refractivity contribution in [2.75, 3.05) is 24.7 Å². The predicted molar refractivity (Wildman–Crippen MR) is 123 cm³/mol. The number of hydrogen-bond acceptors (Lipinski definition) is 4. The van der Waals surface area contributed by atoms with Crippen molar-refractivity contribution < 1.29 is 13.9 Å². The summed E-state index contributed by atoms with van der Waals surface area (Å²) in [5.41, 5.74) is 3.73. The van der Waals surface area contributed by atoms with Gasteiger partial charge in [0.1, 0.15) is 12.4 Å². The van der Waals surface area contributed by atoms with Crippen molar-refractivity contribution in [1.82, 2.24) is 9.88 Å². The van der Waals surface area contributed by atoms with Crippen LogP contribution in [0.25, 0.3) is 0 Å². The van der Waals surface area contributed by atoms with E-state index in [1.807, 2.05) is 59.5 Å². The molecule has 1 aliphatic heterocycles. The summed E-state index contributed by atoms with van der Waals surface area (Å²) in [6.07, 6.45) is 3.49. The van der Waals surface area contributed by atoms with Crippen LogP contribution in [-0.2, 0) is 17.8 Å². The lowest BCUT2D eigenvalue weighted by molar-refractivity contribution is -0.130. The topological polar surface area (TPSA) is 45.7 Å². The number of carbonyl (C=O) groups excluding carboxylic acids is 1. The van der Waals surface area contributed by atoms with E-state index in [2.05, 4.69) is 9.88 Å². The number of aromatic nitrogens is 1. The maximum absolute atomic E-state index is 13.3. The quantitative estimate of drug-likeness (QED) is 0.482. The van der Waals surface area contributed by atoms with Gasteiger partial charge in [-0.2, -0.15) is 4.39 Å². The molecule has 2 heterocycles. The van der Waals surface area contributed by atoms with Gasteiger partial charge in [0.15, 0.2) is 0 Å². The summed E-state index contributed by atoms with van der Waals surface area (Å²) in [5, 5.41) is 0. The predicted octanol–water partition coefficient (Wildman–Crippen LogP) is 4.74. The van der Waals surface area contributed by atoms with Gasteiger partial charge in [-0.25, -0.2) is 4.98 Å². The highest BCUT2D eigenvalue weighted by atomic mass is 19.1. The molecule has 0 saturated carbocycles. The van der Waals surface area contributed by atoms with E-state index < -0.39 is 5.95 Å². The molecule has 0 unspecified atom stereocenters. The van der Waals surface area contributed by atoms with Gasteiger partial charge in [0.05, 0.1) is 6.67 Å². The van der Waals surface area contributed by atoms with Crippen LogP contribution in [0.15, 0.2) is 66.9 Å². The van der Waals surface area contributed by atoms with Gasteiger partial charge in [-0.3, -0.25) is 4.79 Å². The Morgan fingerprint density at radius 2 is 1.84 bits per heavy atom. The number of nitrogens with zero attached hydrogens (tertiary/aromatic N) is 3. The third-order valence-corrected chi connectivity index (χ3v) is 5.71. The number of aryl methyl sites for hydroxylation is 2. The van der Waals surface area contributed by atoms with Crippen molar-refractivity contribution in [2.24, 2.45) is 0 Å². The molecule has 0 spiro atoms. The Morgan fingerprint density at radius 3 is 2.59 bits per heavy atom.